The van der Waals surface area contributed by atoms with Gasteiger partial charge in [0.1, 0.15) is 11.9 Å². The summed E-state index contributed by atoms with van der Waals surface area (Å²) in [5.41, 5.74) is 3.08. The molecule has 1 aromatic carbocycles. The minimum Gasteiger partial charge on any atom is -0.487 e. The third kappa shape index (κ3) is 3.84. The van der Waals surface area contributed by atoms with Crippen molar-refractivity contribution in [2.45, 2.75) is 25.4 Å². The number of ether oxygens (including phenoxy) is 1. The predicted molar refractivity (Wildman–Crippen MR) is 101 cm³/mol. The van der Waals surface area contributed by atoms with E-state index in [0.29, 0.717) is 18.1 Å². The Bertz CT molecular complexity index is 791. The number of hydrogen-bond acceptors (Lipinski definition) is 4. The monoisotopic (exact) mass is 371 g/mol. The summed E-state index contributed by atoms with van der Waals surface area (Å²) in [5.74, 6) is 0.929. The van der Waals surface area contributed by atoms with E-state index in [-0.39, 0.29) is 12.0 Å². The topological polar surface area (TPSA) is 54.5 Å². The summed E-state index contributed by atoms with van der Waals surface area (Å²) in [6, 6.07) is 7.76. The van der Waals surface area contributed by atoms with Gasteiger partial charge < -0.3 is 10.1 Å². The largest absolute Gasteiger partial charge is 0.487 e. The molecule has 0 bridgehead atoms. The molecule has 3 heterocycles. The van der Waals surface area contributed by atoms with Crippen molar-refractivity contribution in [1.29, 1.82) is 0 Å². The van der Waals surface area contributed by atoms with Crippen LogP contribution in [0.3, 0.4) is 0 Å². The molecule has 1 fully saturated rings. The fraction of sp³-hybridized carbons (Fsp3) is 0.400. The van der Waals surface area contributed by atoms with Crippen LogP contribution in [0.5, 0.6) is 5.75 Å². The van der Waals surface area contributed by atoms with Crippen molar-refractivity contribution in [2.24, 2.45) is 0 Å². The Kier molecular flexibility index (Phi) is 5.09. The third-order valence-electron chi connectivity index (χ3n) is 4.95. The number of aromatic nitrogens is 1. The molecule has 0 saturated carbocycles. The number of amides is 1. The van der Waals surface area contributed by atoms with Crippen molar-refractivity contribution in [1.82, 2.24) is 15.2 Å². The van der Waals surface area contributed by atoms with Gasteiger partial charge >= 0.3 is 0 Å². The van der Waals surface area contributed by atoms with Crippen LogP contribution in [-0.2, 0) is 11.2 Å². The Labute approximate surface area is 158 Å². The SMILES string of the molecule is O=C(CN1CCCC1)NCC1Cc2cc(Cl)cc(-c3ccncc3)c2O1. The summed E-state index contributed by atoms with van der Waals surface area (Å²) in [5, 5.41) is 3.70. The average Bonchev–Trinajstić information content (AvgIpc) is 3.29. The Morgan fingerprint density at radius 1 is 1.27 bits per heavy atom. The lowest BCUT2D eigenvalue weighted by Gasteiger charge is -2.16. The van der Waals surface area contributed by atoms with Gasteiger partial charge in [0.05, 0.1) is 13.1 Å². The van der Waals surface area contributed by atoms with Gasteiger partial charge in [-0.3, -0.25) is 14.7 Å². The van der Waals surface area contributed by atoms with E-state index in [1.54, 1.807) is 12.4 Å². The molecule has 1 saturated heterocycles. The Hall–Kier alpha value is -2.11. The second kappa shape index (κ2) is 7.64. The van der Waals surface area contributed by atoms with E-state index in [0.717, 1.165) is 42.0 Å². The van der Waals surface area contributed by atoms with Gasteiger partial charge in [0.15, 0.2) is 0 Å². The zero-order valence-corrected chi connectivity index (χ0v) is 15.3. The number of pyridine rings is 1. The molecule has 5 nitrogen and oxygen atoms in total. The number of carbonyl (C=O) groups is 1. The van der Waals surface area contributed by atoms with Crippen LogP contribution in [0.15, 0.2) is 36.7 Å². The number of fused-ring (bicyclic) bond motifs is 1. The Morgan fingerprint density at radius 2 is 2.04 bits per heavy atom. The quantitative estimate of drug-likeness (QED) is 0.878. The van der Waals surface area contributed by atoms with Crippen molar-refractivity contribution >= 4 is 17.5 Å². The summed E-state index contributed by atoms with van der Waals surface area (Å²) in [4.78, 5) is 18.4. The molecule has 0 aliphatic carbocycles. The van der Waals surface area contributed by atoms with E-state index in [4.69, 9.17) is 16.3 Å². The number of nitrogens with one attached hydrogen (secondary N) is 1. The molecule has 2 aromatic rings. The van der Waals surface area contributed by atoms with Crippen LogP contribution in [0.25, 0.3) is 11.1 Å². The van der Waals surface area contributed by atoms with E-state index in [1.165, 1.54) is 12.8 Å². The highest BCUT2D eigenvalue weighted by Gasteiger charge is 2.27. The molecule has 1 amide bonds. The number of rotatable bonds is 5. The molecule has 2 aliphatic heterocycles. The van der Waals surface area contributed by atoms with E-state index in [2.05, 4.69) is 15.2 Å². The minimum absolute atomic E-state index is 0.0634. The lowest BCUT2D eigenvalue weighted by Crippen LogP contribution is -2.40. The van der Waals surface area contributed by atoms with Crippen LogP contribution >= 0.6 is 11.6 Å². The number of hydrogen-bond donors (Lipinski definition) is 1. The van der Waals surface area contributed by atoms with Gasteiger partial charge in [0, 0.05) is 35.0 Å². The van der Waals surface area contributed by atoms with Crippen LogP contribution in [0.4, 0.5) is 0 Å². The van der Waals surface area contributed by atoms with Crippen LogP contribution in [0.2, 0.25) is 5.02 Å². The first-order valence-electron chi connectivity index (χ1n) is 9.07. The molecule has 0 spiro atoms. The molecular formula is C20H22ClN3O2. The summed E-state index contributed by atoms with van der Waals surface area (Å²) in [6.45, 7) is 3.03. The van der Waals surface area contributed by atoms with Crippen LogP contribution in [-0.4, -0.2) is 48.1 Å². The zero-order chi connectivity index (χ0) is 17.9. The molecule has 1 unspecified atom stereocenters. The fourth-order valence-electron chi connectivity index (χ4n) is 3.68. The van der Waals surface area contributed by atoms with Crippen LogP contribution < -0.4 is 10.1 Å². The summed E-state index contributed by atoms with van der Waals surface area (Å²) < 4.78 is 6.16. The van der Waals surface area contributed by atoms with Crippen molar-refractivity contribution in [3.8, 4) is 16.9 Å². The highest BCUT2D eigenvalue weighted by atomic mass is 35.5. The molecule has 1 N–H and O–H groups in total. The minimum atomic E-state index is -0.0634. The van der Waals surface area contributed by atoms with Gasteiger partial charge in [-0.2, -0.15) is 0 Å². The second-order valence-corrected chi connectivity index (χ2v) is 7.35. The number of carbonyl (C=O) groups excluding carboxylic acids is 1. The zero-order valence-electron chi connectivity index (χ0n) is 14.6. The lowest BCUT2D eigenvalue weighted by molar-refractivity contribution is -0.122. The number of benzene rings is 1. The average molecular weight is 372 g/mol. The Morgan fingerprint density at radius 3 is 2.81 bits per heavy atom. The first kappa shape index (κ1) is 17.3. The highest BCUT2D eigenvalue weighted by Crippen LogP contribution is 2.40. The van der Waals surface area contributed by atoms with Crippen LogP contribution in [0.1, 0.15) is 18.4 Å². The van der Waals surface area contributed by atoms with E-state index in [9.17, 15) is 4.79 Å². The predicted octanol–water partition coefficient (Wildman–Crippen LogP) is 2.92. The molecule has 4 rings (SSSR count). The maximum Gasteiger partial charge on any atom is 0.234 e. The second-order valence-electron chi connectivity index (χ2n) is 6.91. The molecule has 26 heavy (non-hydrogen) atoms. The smallest absolute Gasteiger partial charge is 0.234 e. The third-order valence-corrected chi connectivity index (χ3v) is 5.17. The van der Waals surface area contributed by atoms with Crippen molar-refractivity contribution < 1.29 is 9.53 Å². The molecule has 0 radical (unpaired) electrons. The van der Waals surface area contributed by atoms with Gasteiger partial charge in [0.25, 0.3) is 0 Å². The van der Waals surface area contributed by atoms with E-state index >= 15 is 0 Å². The maximum atomic E-state index is 12.1. The van der Waals surface area contributed by atoms with Gasteiger partial charge in [-0.15, -0.1) is 0 Å². The van der Waals surface area contributed by atoms with Crippen molar-refractivity contribution in [3.05, 3.63) is 47.2 Å². The fourth-order valence-corrected chi connectivity index (χ4v) is 3.92. The van der Waals surface area contributed by atoms with E-state index < -0.39 is 0 Å². The molecule has 136 valence electrons. The molecule has 6 heteroatoms. The number of likely N-dealkylation sites (tertiary alicyclic amines) is 1. The summed E-state index contributed by atoms with van der Waals surface area (Å²) in [7, 11) is 0. The lowest BCUT2D eigenvalue weighted by atomic mass is 10.0. The number of nitrogens with zero attached hydrogens (tertiary/aromatic N) is 2. The summed E-state index contributed by atoms with van der Waals surface area (Å²) >= 11 is 6.30. The maximum absolute atomic E-state index is 12.1. The van der Waals surface area contributed by atoms with Gasteiger partial charge in [-0.1, -0.05) is 11.6 Å². The van der Waals surface area contributed by atoms with Crippen molar-refractivity contribution in [3.63, 3.8) is 0 Å². The first-order chi connectivity index (χ1) is 12.7. The van der Waals surface area contributed by atoms with Gasteiger partial charge in [-0.25, -0.2) is 0 Å². The Balaban J connectivity index is 1.41. The van der Waals surface area contributed by atoms with E-state index in [1.807, 2.05) is 24.3 Å². The van der Waals surface area contributed by atoms with Crippen LogP contribution in [0, 0.1) is 0 Å². The highest BCUT2D eigenvalue weighted by molar-refractivity contribution is 6.31. The number of halogens is 1. The van der Waals surface area contributed by atoms with Crippen molar-refractivity contribution in [2.75, 3.05) is 26.2 Å². The normalized spacial score (nSPS) is 19.2. The standard InChI is InChI=1S/C20H22ClN3O2/c21-16-9-15-10-17(12-23-19(25)13-24-7-1-2-8-24)26-20(15)18(11-16)14-3-5-22-6-4-14/h3-6,9,11,17H,1-2,7-8,10,12-13H2,(H,23,25). The molecule has 1 atom stereocenters. The molecule has 2 aliphatic rings. The van der Waals surface area contributed by atoms with Gasteiger partial charge in [0.2, 0.25) is 5.91 Å². The molecule has 1 aromatic heterocycles. The molecular weight excluding hydrogens is 350 g/mol. The summed E-state index contributed by atoms with van der Waals surface area (Å²) in [6.07, 6.45) is 6.57. The van der Waals surface area contributed by atoms with Gasteiger partial charge in [-0.05, 0) is 55.8 Å². The first-order valence-corrected chi connectivity index (χ1v) is 9.45.